The van der Waals surface area contributed by atoms with Gasteiger partial charge in [-0.3, -0.25) is 14.4 Å². The minimum absolute atomic E-state index is 0.109. The molecule has 1 atom stereocenters. The first-order valence-electron chi connectivity index (χ1n) is 7.20. The van der Waals surface area contributed by atoms with Crippen LogP contribution in [0.4, 0.5) is 0 Å². The Morgan fingerprint density at radius 1 is 1.50 bits per heavy atom. The predicted octanol–water partition coefficient (Wildman–Crippen LogP) is 2.69. The normalized spacial score (nSPS) is 20.2. The third-order valence-corrected chi connectivity index (χ3v) is 4.46. The number of likely N-dealkylation sites (tertiary alicyclic amines) is 1. The quantitative estimate of drug-likeness (QED) is 0.908. The van der Waals surface area contributed by atoms with Gasteiger partial charge in [0.15, 0.2) is 0 Å². The van der Waals surface area contributed by atoms with Crippen molar-refractivity contribution in [2.45, 2.75) is 58.7 Å². The van der Waals surface area contributed by atoms with Gasteiger partial charge in [-0.1, -0.05) is 18.0 Å². The number of carbonyl (C=O) groups is 1. The Kier molecular flexibility index (Phi) is 5.05. The Morgan fingerprint density at radius 3 is 2.90 bits per heavy atom. The molecule has 1 aromatic rings. The molecule has 0 bridgehead atoms. The summed E-state index contributed by atoms with van der Waals surface area (Å²) in [5.41, 5.74) is 1.85. The summed E-state index contributed by atoms with van der Waals surface area (Å²) < 4.78 is 1.92. The van der Waals surface area contributed by atoms with Crippen molar-refractivity contribution in [1.29, 1.82) is 0 Å². The maximum Gasteiger partial charge on any atom is 0.304 e. The fourth-order valence-electron chi connectivity index (χ4n) is 2.91. The lowest BCUT2D eigenvalue weighted by molar-refractivity contribution is -0.138. The van der Waals surface area contributed by atoms with E-state index in [2.05, 4.69) is 10.00 Å². The summed E-state index contributed by atoms with van der Waals surface area (Å²) >= 11 is 6.34. The Morgan fingerprint density at radius 2 is 2.25 bits per heavy atom. The van der Waals surface area contributed by atoms with Crippen LogP contribution in [0.1, 0.15) is 44.0 Å². The molecule has 0 spiro atoms. The molecule has 0 saturated carbocycles. The van der Waals surface area contributed by atoms with Gasteiger partial charge >= 0.3 is 5.97 Å². The number of piperidine rings is 1. The lowest BCUT2D eigenvalue weighted by atomic mass is 9.99. The Hall–Kier alpha value is -1.07. The van der Waals surface area contributed by atoms with E-state index in [1.807, 2.05) is 18.5 Å². The minimum atomic E-state index is -0.729. The maximum absolute atomic E-state index is 11.0. The molecule has 2 rings (SSSR count). The number of halogens is 1. The summed E-state index contributed by atoms with van der Waals surface area (Å²) in [6.45, 7) is 6.34. The summed E-state index contributed by atoms with van der Waals surface area (Å²) in [5.74, 6) is -0.729. The smallest absolute Gasteiger partial charge is 0.304 e. The second kappa shape index (κ2) is 6.59. The maximum atomic E-state index is 11.0. The molecule has 1 aliphatic rings. The molecule has 0 radical (unpaired) electrons. The second-order valence-corrected chi connectivity index (χ2v) is 5.76. The lowest BCUT2D eigenvalue weighted by Crippen LogP contribution is -2.40. The average Bonchev–Trinajstić information content (AvgIpc) is 2.68. The molecule has 2 heterocycles. The summed E-state index contributed by atoms with van der Waals surface area (Å²) in [6.07, 6.45) is 3.38. The monoisotopic (exact) mass is 299 g/mol. The highest BCUT2D eigenvalue weighted by Gasteiger charge is 2.26. The number of aromatic nitrogens is 2. The molecule has 1 fully saturated rings. The topological polar surface area (TPSA) is 58.4 Å². The highest BCUT2D eigenvalue weighted by atomic mass is 35.5. The predicted molar refractivity (Wildman–Crippen MR) is 77.9 cm³/mol. The van der Waals surface area contributed by atoms with Crippen molar-refractivity contribution >= 4 is 17.6 Å². The van der Waals surface area contributed by atoms with Gasteiger partial charge in [0.1, 0.15) is 0 Å². The van der Waals surface area contributed by atoms with Crippen LogP contribution in [-0.4, -0.2) is 38.3 Å². The van der Waals surface area contributed by atoms with Crippen LogP contribution in [0, 0.1) is 6.92 Å². The van der Waals surface area contributed by atoms with Crippen LogP contribution in [0.15, 0.2) is 0 Å². The van der Waals surface area contributed by atoms with Gasteiger partial charge in [0.05, 0.1) is 22.8 Å². The number of aliphatic carboxylic acids is 1. The van der Waals surface area contributed by atoms with E-state index in [-0.39, 0.29) is 12.5 Å². The molecule has 112 valence electrons. The first-order chi connectivity index (χ1) is 9.52. The molecule has 5 nitrogen and oxygen atoms in total. The van der Waals surface area contributed by atoms with Crippen LogP contribution < -0.4 is 0 Å². The third kappa shape index (κ3) is 3.33. The van der Waals surface area contributed by atoms with Crippen molar-refractivity contribution in [3.05, 3.63) is 16.4 Å². The van der Waals surface area contributed by atoms with Crippen LogP contribution in [0.5, 0.6) is 0 Å². The van der Waals surface area contributed by atoms with E-state index < -0.39 is 5.97 Å². The van der Waals surface area contributed by atoms with Crippen molar-refractivity contribution < 1.29 is 9.90 Å². The van der Waals surface area contributed by atoms with Gasteiger partial charge in [-0.15, -0.1) is 0 Å². The van der Waals surface area contributed by atoms with E-state index in [4.69, 9.17) is 16.7 Å². The number of nitrogens with zero attached hydrogens (tertiary/aromatic N) is 3. The van der Waals surface area contributed by atoms with Gasteiger partial charge in [-0.2, -0.15) is 5.10 Å². The molecule has 1 aliphatic heterocycles. The molecule has 1 unspecified atom stereocenters. The fourth-order valence-corrected chi connectivity index (χ4v) is 3.11. The Labute approximate surface area is 124 Å². The zero-order chi connectivity index (χ0) is 14.7. The minimum Gasteiger partial charge on any atom is -0.481 e. The van der Waals surface area contributed by atoms with E-state index in [0.717, 1.165) is 43.7 Å². The molecule has 1 saturated heterocycles. The average molecular weight is 300 g/mol. The summed E-state index contributed by atoms with van der Waals surface area (Å²) in [4.78, 5) is 13.2. The van der Waals surface area contributed by atoms with Gasteiger partial charge in [0.2, 0.25) is 0 Å². The standard InChI is InChI=1S/C14H22ClN3O2/c1-3-18-12(14(15)10(2)16-18)9-17-7-5-4-6-11(17)8-13(19)20/h11H,3-9H2,1-2H3,(H,19,20). The Balaban J connectivity index is 2.16. The number of carboxylic acid groups (broad SMARTS) is 1. The molecule has 0 aliphatic carbocycles. The molecule has 20 heavy (non-hydrogen) atoms. The summed E-state index contributed by atoms with van der Waals surface area (Å²) in [7, 11) is 0. The first-order valence-corrected chi connectivity index (χ1v) is 7.58. The van der Waals surface area contributed by atoms with Crippen LogP contribution in [0.25, 0.3) is 0 Å². The number of hydrogen-bond donors (Lipinski definition) is 1. The van der Waals surface area contributed by atoms with Crippen LogP contribution in [-0.2, 0) is 17.9 Å². The van der Waals surface area contributed by atoms with Crippen molar-refractivity contribution in [1.82, 2.24) is 14.7 Å². The second-order valence-electron chi connectivity index (χ2n) is 5.38. The summed E-state index contributed by atoms with van der Waals surface area (Å²) in [6, 6.07) is 0.109. The molecule has 6 heteroatoms. The fraction of sp³-hybridized carbons (Fsp3) is 0.714. The van der Waals surface area contributed by atoms with Crippen LogP contribution in [0.2, 0.25) is 5.02 Å². The lowest BCUT2D eigenvalue weighted by Gasteiger charge is -2.35. The highest BCUT2D eigenvalue weighted by molar-refractivity contribution is 6.31. The SMILES string of the molecule is CCn1nc(C)c(Cl)c1CN1CCCCC1CC(=O)O. The number of aryl methyl sites for hydroxylation is 2. The van der Waals surface area contributed by atoms with Crippen molar-refractivity contribution in [2.75, 3.05) is 6.54 Å². The number of rotatable bonds is 5. The van der Waals surface area contributed by atoms with E-state index in [1.54, 1.807) is 0 Å². The van der Waals surface area contributed by atoms with Crippen LogP contribution >= 0.6 is 11.6 Å². The molecule has 0 aromatic carbocycles. The third-order valence-electron chi connectivity index (χ3n) is 3.97. The van der Waals surface area contributed by atoms with Crippen molar-refractivity contribution in [2.24, 2.45) is 0 Å². The summed E-state index contributed by atoms with van der Waals surface area (Å²) in [5, 5.41) is 14.2. The molecule has 0 amide bonds. The molecular formula is C14H22ClN3O2. The van der Waals surface area contributed by atoms with Gasteiger partial charge in [0, 0.05) is 19.1 Å². The highest BCUT2D eigenvalue weighted by Crippen LogP contribution is 2.26. The molecular weight excluding hydrogens is 278 g/mol. The van der Waals surface area contributed by atoms with Crippen molar-refractivity contribution in [3.8, 4) is 0 Å². The Bertz CT molecular complexity index is 487. The molecule has 1 aromatic heterocycles. The van der Waals surface area contributed by atoms with Gasteiger partial charge in [-0.05, 0) is 33.2 Å². The van der Waals surface area contributed by atoms with Gasteiger partial charge in [-0.25, -0.2) is 0 Å². The molecule has 1 N–H and O–H groups in total. The van der Waals surface area contributed by atoms with Crippen molar-refractivity contribution in [3.63, 3.8) is 0 Å². The van der Waals surface area contributed by atoms with E-state index >= 15 is 0 Å². The van der Waals surface area contributed by atoms with Gasteiger partial charge in [0.25, 0.3) is 0 Å². The zero-order valence-electron chi connectivity index (χ0n) is 12.1. The van der Waals surface area contributed by atoms with E-state index in [0.29, 0.717) is 11.6 Å². The van der Waals surface area contributed by atoms with Crippen LogP contribution in [0.3, 0.4) is 0 Å². The van der Waals surface area contributed by atoms with E-state index in [9.17, 15) is 4.79 Å². The first kappa shape index (κ1) is 15.3. The largest absolute Gasteiger partial charge is 0.481 e. The number of hydrogen-bond acceptors (Lipinski definition) is 3. The number of carboxylic acids is 1. The van der Waals surface area contributed by atoms with E-state index in [1.165, 1.54) is 0 Å². The zero-order valence-corrected chi connectivity index (χ0v) is 12.9. The van der Waals surface area contributed by atoms with Gasteiger partial charge < -0.3 is 5.11 Å².